The van der Waals surface area contributed by atoms with Gasteiger partial charge in [0.2, 0.25) is 0 Å². The second-order valence-corrected chi connectivity index (χ2v) is 6.80. The normalized spacial score (nSPS) is 10.9. The zero-order valence-corrected chi connectivity index (χ0v) is 14.2. The molecule has 0 saturated carbocycles. The zero-order chi connectivity index (χ0) is 17.7. The second kappa shape index (κ2) is 7.41. The quantitative estimate of drug-likeness (QED) is 0.775. The highest BCUT2D eigenvalue weighted by molar-refractivity contribution is 7.92. The Morgan fingerprint density at radius 3 is 2.46 bits per heavy atom. The Morgan fingerprint density at radius 1 is 1.21 bits per heavy atom. The summed E-state index contributed by atoms with van der Waals surface area (Å²) >= 11 is 5.89. The van der Waals surface area contributed by atoms with Gasteiger partial charge in [0.15, 0.2) is 6.61 Å². The van der Waals surface area contributed by atoms with E-state index in [9.17, 15) is 13.2 Å². The molecule has 0 radical (unpaired) electrons. The van der Waals surface area contributed by atoms with Gasteiger partial charge in [-0.2, -0.15) is 0 Å². The minimum Gasteiger partial charge on any atom is -0.495 e. The van der Waals surface area contributed by atoms with Gasteiger partial charge in [0.25, 0.3) is 15.9 Å². The average molecular weight is 371 g/mol. The summed E-state index contributed by atoms with van der Waals surface area (Å²) in [5.41, 5.74) is 5.19. The van der Waals surface area contributed by atoms with Gasteiger partial charge in [0, 0.05) is 5.02 Å². The monoisotopic (exact) mass is 370 g/mol. The van der Waals surface area contributed by atoms with Gasteiger partial charge < -0.3 is 15.2 Å². The SMILES string of the molecule is COc1ccc(Cl)cc1NS(=O)(=O)c1ccc(OCC(N)=O)cc1. The van der Waals surface area contributed by atoms with Gasteiger partial charge in [-0.25, -0.2) is 8.42 Å². The molecule has 2 aromatic carbocycles. The number of ether oxygens (including phenoxy) is 2. The Morgan fingerprint density at radius 2 is 1.88 bits per heavy atom. The molecule has 0 atom stereocenters. The number of hydrogen-bond donors (Lipinski definition) is 2. The number of methoxy groups -OCH3 is 1. The van der Waals surface area contributed by atoms with Crippen molar-refractivity contribution in [1.82, 2.24) is 0 Å². The fourth-order valence-electron chi connectivity index (χ4n) is 1.83. The van der Waals surface area contributed by atoms with E-state index in [0.717, 1.165) is 0 Å². The molecular formula is C15H15ClN2O5S. The second-order valence-electron chi connectivity index (χ2n) is 4.68. The van der Waals surface area contributed by atoms with E-state index >= 15 is 0 Å². The minimum atomic E-state index is -3.85. The molecule has 0 bridgehead atoms. The van der Waals surface area contributed by atoms with Crippen LogP contribution in [0, 0.1) is 0 Å². The van der Waals surface area contributed by atoms with E-state index in [4.69, 9.17) is 26.8 Å². The molecule has 0 fully saturated rings. The number of amides is 1. The number of primary amides is 1. The molecular weight excluding hydrogens is 356 g/mol. The molecule has 7 nitrogen and oxygen atoms in total. The van der Waals surface area contributed by atoms with E-state index in [0.29, 0.717) is 16.5 Å². The third-order valence-corrected chi connectivity index (χ3v) is 4.54. The molecule has 0 aliphatic carbocycles. The molecule has 0 saturated heterocycles. The highest BCUT2D eigenvalue weighted by Gasteiger charge is 2.17. The van der Waals surface area contributed by atoms with Crippen LogP contribution in [0.5, 0.6) is 11.5 Å². The van der Waals surface area contributed by atoms with Gasteiger partial charge in [-0.1, -0.05) is 11.6 Å². The maximum Gasteiger partial charge on any atom is 0.262 e. The lowest BCUT2D eigenvalue weighted by Crippen LogP contribution is -2.20. The van der Waals surface area contributed by atoms with Crippen molar-refractivity contribution < 1.29 is 22.7 Å². The molecule has 128 valence electrons. The van der Waals surface area contributed by atoms with Crippen molar-refractivity contribution in [1.29, 1.82) is 0 Å². The third kappa shape index (κ3) is 4.53. The van der Waals surface area contributed by atoms with Crippen molar-refractivity contribution in [2.45, 2.75) is 4.90 Å². The summed E-state index contributed by atoms with van der Waals surface area (Å²) in [5.74, 6) is 0.0406. The Labute approximate surface area is 144 Å². The molecule has 1 amide bonds. The lowest BCUT2D eigenvalue weighted by Gasteiger charge is -2.12. The van der Waals surface area contributed by atoms with Crippen molar-refractivity contribution in [2.75, 3.05) is 18.4 Å². The zero-order valence-electron chi connectivity index (χ0n) is 12.7. The Bertz CT molecular complexity index is 837. The predicted octanol–water partition coefficient (Wildman–Crippen LogP) is 2.01. The molecule has 0 unspecified atom stereocenters. The van der Waals surface area contributed by atoms with Crippen molar-refractivity contribution in [3.63, 3.8) is 0 Å². The van der Waals surface area contributed by atoms with Crippen LogP contribution in [0.15, 0.2) is 47.4 Å². The maximum absolute atomic E-state index is 12.4. The summed E-state index contributed by atoms with van der Waals surface area (Å²) in [6.45, 7) is -0.288. The van der Waals surface area contributed by atoms with Gasteiger partial charge in [-0.3, -0.25) is 9.52 Å². The number of hydrogen-bond acceptors (Lipinski definition) is 5. The summed E-state index contributed by atoms with van der Waals surface area (Å²) in [5, 5.41) is 0.365. The van der Waals surface area contributed by atoms with E-state index < -0.39 is 15.9 Å². The van der Waals surface area contributed by atoms with E-state index in [-0.39, 0.29) is 17.2 Å². The maximum atomic E-state index is 12.4. The highest BCUT2D eigenvalue weighted by atomic mass is 35.5. The first kappa shape index (κ1) is 17.9. The summed E-state index contributed by atoms with van der Waals surface area (Å²) in [6.07, 6.45) is 0. The van der Waals surface area contributed by atoms with Gasteiger partial charge in [0.1, 0.15) is 11.5 Å². The van der Waals surface area contributed by atoms with Crippen LogP contribution in [0.1, 0.15) is 0 Å². The summed E-state index contributed by atoms with van der Waals surface area (Å²) in [7, 11) is -2.42. The topological polar surface area (TPSA) is 108 Å². The first-order valence-corrected chi connectivity index (χ1v) is 8.55. The number of nitrogens with two attached hydrogens (primary N) is 1. The van der Waals surface area contributed by atoms with Crippen LogP contribution >= 0.6 is 11.6 Å². The van der Waals surface area contributed by atoms with Crippen LogP contribution in [-0.2, 0) is 14.8 Å². The van der Waals surface area contributed by atoms with E-state index in [1.165, 1.54) is 37.4 Å². The molecule has 2 rings (SSSR count). The minimum absolute atomic E-state index is 0.0101. The Kier molecular flexibility index (Phi) is 5.53. The fraction of sp³-hybridized carbons (Fsp3) is 0.133. The molecule has 3 N–H and O–H groups in total. The smallest absolute Gasteiger partial charge is 0.262 e. The summed E-state index contributed by atoms with van der Waals surface area (Å²) < 4.78 is 37.5. The first-order valence-electron chi connectivity index (χ1n) is 6.69. The number of halogens is 1. The van der Waals surface area contributed by atoms with Crippen molar-refractivity contribution in [3.8, 4) is 11.5 Å². The average Bonchev–Trinajstić information content (AvgIpc) is 2.53. The summed E-state index contributed by atoms with van der Waals surface area (Å²) in [4.78, 5) is 10.7. The van der Waals surface area contributed by atoms with E-state index in [1.807, 2.05) is 0 Å². The molecule has 9 heteroatoms. The van der Waals surface area contributed by atoms with Crippen LogP contribution in [0.3, 0.4) is 0 Å². The number of carbonyl (C=O) groups is 1. The van der Waals surface area contributed by atoms with Crippen LogP contribution in [0.25, 0.3) is 0 Å². The van der Waals surface area contributed by atoms with Crippen molar-refractivity contribution in [3.05, 3.63) is 47.5 Å². The lowest BCUT2D eigenvalue weighted by atomic mass is 10.3. The number of nitrogens with one attached hydrogen (secondary N) is 1. The standard InChI is InChI=1S/C15H15ClN2O5S/c1-22-14-7-2-10(16)8-13(14)18-24(20,21)12-5-3-11(4-6-12)23-9-15(17)19/h2-8,18H,9H2,1H3,(H2,17,19). The van der Waals surface area contributed by atoms with Crippen LogP contribution in [0.4, 0.5) is 5.69 Å². The van der Waals surface area contributed by atoms with Crippen molar-refractivity contribution >= 4 is 33.2 Å². The molecule has 0 aliphatic rings. The molecule has 0 aromatic heterocycles. The van der Waals surface area contributed by atoms with E-state index in [1.54, 1.807) is 12.1 Å². The van der Waals surface area contributed by atoms with Crippen LogP contribution < -0.4 is 19.9 Å². The largest absolute Gasteiger partial charge is 0.495 e. The number of rotatable bonds is 7. The number of carbonyl (C=O) groups excluding carboxylic acids is 1. The molecule has 2 aromatic rings. The van der Waals surface area contributed by atoms with Gasteiger partial charge in [-0.15, -0.1) is 0 Å². The fourth-order valence-corrected chi connectivity index (χ4v) is 3.07. The Balaban J connectivity index is 2.21. The number of anilines is 1. The molecule has 0 aliphatic heterocycles. The van der Waals surface area contributed by atoms with Gasteiger partial charge in [-0.05, 0) is 42.5 Å². The van der Waals surface area contributed by atoms with E-state index in [2.05, 4.69) is 4.72 Å². The molecule has 0 heterocycles. The van der Waals surface area contributed by atoms with Gasteiger partial charge in [0.05, 0.1) is 17.7 Å². The predicted molar refractivity (Wildman–Crippen MR) is 89.9 cm³/mol. The highest BCUT2D eigenvalue weighted by Crippen LogP contribution is 2.30. The summed E-state index contributed by atoms with van der Waals surface area (Å²) in [6, 6.07) is 10.1. The molecule has 24 heavy (non-hydrogen) atoms. The number of benzene rings is 2. The first-order chi connectivity index (χ1) is 11.3. The van der Waals surface area contributed by atoms with Gasteiger partial charge >= 0.3 is 0 Å². The van der Waals surface area contributed by atoms with Crippen LogP contribution in [-0.4, -0.2) is 28.0 Å². The molecule has 0 spiro atoms. The van der Waals surface area contributed by atoms with Crippen LogP contribution in [0.2, 0.25) is 5.02 Å². The Hall–Kier alpha value is -2.45. The van der Waals surface area contributed by atoms with Crippen molar-refractivity contribution in [2.24, 2.45) is 5.73 Å². The lowest BCUT2D eigenvalue weighted by molar-refractivity contribution is -0.119. The third-order valence-electron chi connectivity index (χ3n) is 2.92. The number of sulfonamides is 1.